The molecule has 0 aliphatic heterocycles. The molecule has 0 aromatic carbocycles. The van der Waals surface area contributed by atoms with E-state index < -0.39 is 23.8 Å². The van der Waals surface area contributed by atoms with Gasteiger partial charge in [0, 0.05) is 0 Å². The molecule has 118 valence electrons. The first-order chi connectivity index (χ1) is 9.42. The molecule has 0 aliphatic rings. The van der Waals surface area contributed by atoms with Crippen LogP contribution in [-0.2, 0) is 9.59 Å². The summed E-state index contributed by atoms with van der Waals surface area (Å²) >= 11 is 0. The average molecular weight is 286 g/mol. The SMILES string of the molecule is CCCCCC(CCC)CC(CC(C)C(=O)O)C(=O)O. The molecule has 0 rings (SSSR count). The Morgan fingerprint density at radius 1 is 0.900 bits per heavy atom. The lowest BCUT2D eigenvalue weighted by molar-refractivity contribution is -0.145. The van der Waals surface area contributed by atoms with Gasteiger partial charge in [-0.25, -0.2) is 0 Å². The Morgan fingerprint density at radius 3 is 2.00 bits per heavy atom. The van der Waals surface area contributed by atoms with Gasteiger partial charge in [0.25, 0.3) is 0 Å². The summed E-state index contributed by atoms with van der Waals surface area (Å²) in [6.07, 6.45) is 7.49. The fourth-order valence-corrected chi connectivity index (χ4v) is 2.70. The summed E-state index contributed by atoms with van der Waals surface area (Å²) in [5.74, 6) is -2.47. The van der Waals surface area contributed by atoms with Gasteiger partial charge in [-0.05, 0) is 18.8 Å². The largest absolute Gasteiger partial charge is 0.481 e. The van der Waals surface area contributed by atoms with Crippen LogP contribution >= 0.6 is 0 Å². The van der Waals surface area contributed by atoms with Gasteiger partial charge in [0.05, 0.1) is 11.8 Å². The van der Waals surface area contributed by atoms with Crippen LogP contribution in [0.1, 0.15) is 72.1 Å². The van der Waals surface area contributed by atoms with Crippen molar-refractivity contribution in [1.82, 2.24) is 0 Å². The van der Waals surface area contributed by atoms with E-state index in [4.69, 9.17) is 5.11 Å². The van der Waals surface area contributed by atoms with Crippen LogP contribution in [0.15, 0.2) is 0 Å². The fourth-order valence-electron chi connectivity index (χ4n) is 2.70. The van der Waals surface area contributed by atoms with E-state index in [-0.39, 0.29) is 6.42 Å². The van der Waals surface area contributed by atoms with E-state index in [1.165, 1.54) is 6.42 Å². The zero-order valence-electron chi connectivity index (χ0n) is 13.1. The molecule has 0 saturated heterocycles. The van der Waals surface area contributed by atoms with E-state index in [0.717, 1.165) is 32.1 Å². The van der Waals surface area contributed by atoms with Crippen LogP contribution in [0.3, 0.4) is 0 Å². The minimum absolute atomic E-state index is 0.235. The van der Waals surface area contributed by atoms with Crippen molar-refractivity contribution in [3.8, 4) is 0 Å². The second-order valence-corrected chi connectivity index (χ2v) is 5.90. The molecular weight excluding hydrogens is 256 g/mol. The predicted octanol–water partition coefficient (Wildman–Crippen LogP) is 4.18. The molecule has 0 spiro atoms. The smallest absolute Gasteiger partial charge is 0.306 e. The summed E-state index contributed by atoms with van der Waals surface area (Å²) in [6, 6.07) is 0. The highest BCUT2D eigenvalue weighted by Crippen LogP contribution is 2.27. The molecule has 0 amide bonds. The number of aliphatic carboxylic acids is 2. The zero-order valence-corrected chi connectivity index (χ0v) is 13.1. The molecule has 0 heterocycles. The number of hydrogen-bond donors (Lipinski definition) is 2. The third-order valence-electron chi connectivity index (χ3n) is 3.94. The molecular formula is C16H30O4. The molecule has 3 unspecified atom stereocenters. The maximum absolute atomic E-state index is 11.3. The van der Waals surface area contributed by atoms with Crippen LogP contribution in [0.5, 0.6) is 0 Å². The molecule has 0 radical (unpaired) electrons. The van der Waals surface area contributed by atoms with Gasteiger partial charge in [-0.15, -0.1) is 0 Å². The van der Waals surface area contributed by atoms with Gasteiger partial charge in [-0.1, -0.05) is 59.3 Å². The van der Waals surface area contributed by atoms with Crippen LogP contribution in [0.2, 0.25) is 0 Å². The summed E-state index contributed by atoms with van der Waals surface area (Å²) in [7, 11) is 0. The lowest BCUT2D eigenvalue weighted by Gasteiger charge is -2.22. The molecule has 0 aromatic heterocycles. The van der Waals surface area contributed by atoms with Gasteiger partial charge in [0.2, 0.25) is 0 Å². The highest BCUT2D eigenvalue weighted by molar-refractivity contribution is 5.73. The van der Waals surface area contributed by atoms with Crippen molar-refractivity contribution in [3.63, 3.8) is 0 Å². The number of unbranched alkanes of at least 4 members (excludes halogenated alkanes) is 2. The molecule has 4 heteroatoms. The normalized spacial score (nSPS) is 15.6. The predicted molar refractivity (Wildman–Crippen MR) is 79.7 cm³/mol. The first-order valence-corrected chi connectivity index (χ1v) is 7.87. The van der Waals surface area contributed by atoms with Gasteiger partial charge < -0.3 is 10.2 Å². The number of hydrogen-bond acceptors (Lipinski definition) is 2. The third-order valence-corrected chi connectivity index (χ3v) is 3.94. The Balaban J connectivity index is 4.48. The standard InChI is InChI=1S/C16H30O4/c1-4-6-7-9-13(8-5-2)11-14(16(19)20)10-12(3)15(17)18/h12-14H,4-11H2,1-3H3,(H,17,18)(H,19,20). The Bertz CT molecular complexity index is 288. The summed E-state index contributed by atoms with van der Waals surface area (Å²) in [5.41, 5.74) is 0. The quantitative estimate of drug-likeness (QED) is 0.528. The molecule has 20 heavy (non-hydrogen) atoms. The van der Waals surface area contributed by atoms with E-state index in [1.54, 1.807) is 6.92 Å². The number of carboxylic acid groups (broad SMARTS) is 2. The van der Waals surface area contributed by atoms with Crippen LogP contribution in [0.4, 0.5) is 0 Å². The Labute approximate surface area is 122 Å². The second-order valence-electron chi connectivity index (χ2n) is 5.90. The van der Waals surface area contributed by atoms with E-state index in [0.29, 0.717) is 12.3 Å². The third kappa shape index (κ3) is 8.18. The number of rotatable bonds is 12. The summed E-state index contributed by atoms with van der Waals surface area (Å²) in [5, 5.41) is 18.2. The fraction of sp³-hybridized carbons (Fsp3) is 0.875. The molecule has 4 nitrogen and oxygen atoms in total. The summed E-state index contributed by atoms with van der Waals surface area (Å²) < 4.78 is 0. The Morgan fingerprint density at radius 2 is 1.55 bits per heavy atom. The van der Waals surface area contributed by atoms with Gasteiger partial charge in [-0.2, -0.15) is 0 Å². The minimum Gasteiger partial charge on any atom is -0.481 e. The molecule has 0 aliphatic carbocycles. The monoisotopic (exact) mass is 286 g/mol. The van der Waals surface area contributed by atoms with Gasteiger partial charge in [0.1, 0.15) is 0 Å². The molecule has 0 saturated carbocycles. The van der Waals surface area contributed by atoms with Gasteiger partial charge in [-0.3, -0.25) is 9.59 Å². The maximum atomic E-state index is 11.3. The second kappa shape index (κ2) is 10.7. The molecule has 2 N–H and O–H groups in total. The first-order valence-electron chi connectivity index (χ1n) is 7.87. The van der Waals surface area contributed by atoms with Crippen LogP contribution < -0.4 is 0 Å². The summed E-state index contributed by atoms with van der Waals surface area (Å²) in [6.45, 7) is 5.86. The van der Waals surface area contributed by atoms with Crippen LogP contribution in [-0.4, -0.2) is 22.2 Å². The van der Waals surface area contributed by atoms with Gasteiger partial charge in [0.15, 0.2) is 0 Å². The van der Waals surface area contributed by atoms with Crippen molar-refractivity contribution in [2.45, 2.75) is 72.1 Å². The highest BCUT2D eigenvalue weighted by atomic mass is 16.4. The van der Waals surface area contributed by atoms with E-state index >= 15 is 0 Å². The first kappa shape index (κ1) is 18.9. The van der Waals surface area contributed by atoms with Crippen LogP contribution in [0, 0.1) is 17.8 Å². The Hall–Kier alpha value is -1.06. The summed E-state index contributed by atoms with van der Waals surface area (Å²) in [4.78, 5) is 22.2. The molecule has 0 fully saturated rings. The van der Waals surface area contributed by atoms with Crippen LogP contribution in [0.25, 0.3) is 0 Å². The maximum Gasteiger partial charge on any atom is 0.306 e. The Kier molecular flexibility index (Phi) is 10.1. The highest BCUT2D eigenvalue weighted by Gasteiger charge is 2.26. The van der Waals surface area contributed by atoms with E-state index in [1.807, 2.05) is 0 Å². The van der Waals surface area contributed by atoms with Crippen molar-refractivity contribution in [1.29, 1.82) is 0 Å². The molecule has 0 bridgehead atoms. The molecule has 0 aromatic rings. The topological polar surface area (TPSA) is 74.6 Å². The van der Waals surface area contributed by atoms with E-state index in [9.17, 15) is 14.7 Å². The van der Waals surface area contributed by atoms with Crippen molar-refractivity contribution in [2.24, 2.45) is 17.8 Å². The zero-order chi connectivity index (χ0) is 15.5. The lowest BCUT2D eigenvalue weighted by Crippen LogP contribution is -2.23. The van der Waals surface area contributed by atoms with Gasteiger partial charge >= 0.3 is 11.9 Å². The lowest BCUT2D eigenvalue weighted by atomic mass is 9.83. The van der Waals surface area contributed by atoms with Crippen molar-refractivity contribution < 1.29 is 19.8 Å². The number of carbonyl (C=O) groups is 2. The molecule has 3 atom stereocenters. The van der Waals surface area contributed by atoms with E-state index in [2.05, 4.69) is 13.8 Å². The minimum atomic E-state index is -0.908. The van der Waals surface area contributed by atoms with Crippen molar-refractivity contribution in [3.05, 3.63) is 0 Å². The average Bonchev–Trinajstić information content (AvgIpc) is 2.37. The van der Waals surface area contributed by atoms with Crippen molar-refractivity contribution >= 4 is 11.9 Å². The number of carboxylic acids is 2. The van der Waals surface area contributed by atoms with Crippen molar-refractivity contribution in [2.75, 3.05) is 0 Å².